The van der Waals surface area contributed by atoms with Crippen LogP contribution < -0.4 is 5.32 Å². The minimum Gasteiger partial charge on any atom is -0.466 e. The monoisotopic (exact) mass is 469 g/mol. The summed E-state index contributed by atoms with van der Waals surface area (Å²) in [5, 5.41) is 13.1. The quantitative estimate of drug-likeness (QED) is 0.449. The Hall–Kier alpha value is -1.36. The molecule has 6 atom stereocenters. The van der Waals surface area contributed by atoms with E-state index in [1.807, 2.05) is 6.92 Å². The second-order valence-corrected chi connectivity index (χ2v) is 10.6. The number of rotatable bonds is 9. The van der Waals surface area contributed by atoms with Crippen LogP contribution in [0.2, 0.25) is 0 Å². The molecule has 10 heteroatoms. The van der Waals surface area contributed by atoms with E-state index in [0.29, 0.717) is 32.6 Å². The van der Waals surface area contributed by atoms with E-state index in [4.69, 9.17) is 9.47 Å². The molecule has 2 unspecified atom stereocenters. The van der Waals surface area contributed by atoms with Gasteiger partial charge in [-0.25, -0.2) is 0 Å². The number of hydrogen-bond acceptors (Lipinski definition) is 8. The second-order valence-electron chi connectivity index (χ2n) is 9.04. The number of likely N-dealkylation sites (tertiary alicyclic amines) is 1. The number of amides is 2. The van der Waals surface area contributed by atoms with Crippen LogP contribution in [0.25, 0.3) is 0 Å². The molecule has 0 aromatic rings. The Morgan fingerprint density at radius 1 is 1.34 bits per heavy atom. The summed E-state index contributed by atoms with van der Waals surface area (Å²) in [4.78, 5) is 43.9. The minimum absolute atomic E-state index is 0.00278. The number of esters is 1. The lowest BCUT2D eigenvalue weighted by Gasteiger charge is -2.37. The van der Waals surface area contributed by atoms with Crippen LogP contribution >= 0.6 is 11.8 Å². The van der Waals surface area contributed by atoms with Crippen molar-refractivity contribution in [1.29, 1.82) is 0 Å². The number of carbonyl (C=O) groups is 3. The Bertz CT molecular complexity index is 728. The molecule has 32 heavy (non-hydrogen) atoms. The molecule has 4 rings (SSSR count). The first-order valence-electron chi connectivity index (χ1n) is 11.8. The first-order valence-corrected chi connectivity index (χ1v) is 12.7. The van der Waals surface area contributed by atoms with Crippen LogP contribution in [0.1, 0.15) is 33.1 Å². The van der Waals surface area contributed by atoms with Crippen LogP contribution in [0.15, 0.2) is 0 Å². The Morgan fingerprint density at radius 3 is 2.75 bits per heavy atom. The molecule has 9 nitrogen and oxygen atoms in total. The van der Waals surface area contributed by atoms with Gasteiger partial charge in [0.1, 0.15) is 6.04 Å². The molecule has 2 bridgehead atoms. The SMILES string of the molecule is CCOC(=O)[C@@H]1[C@H]2C(=O)N([C@@H](CC)CO)C(C(=O)NCCN3CCOCC3)C23CC[C@H]1S3. The average molecular weight is 470 g/mol. The zero-order chi connectivity index (χ0) is 22.9. The Kier molecular flexibility index (Phi) is 7.33. The van der Waals surface area contributed by atoms with Crippen molar-refractivity contribution < 1.29 is 29.0 Å². The summed E-state index contributed by atoms with van der Waals surface area (Å²) in [6.07, 6.45) is 2.05. The van der Waals surface area contributed by atoms with Crippen molar-refractivity contribution in [3.63, 3.8) is 0 Å². The number of thioether (sulfide) groups is 1. The number of morpholine rings is 1. The van der Waals surface area contributed by atoms with E-state index in [1.54, 1.807) is 23.6 Å². The molecule has 0 aromatic carbocycles. The van der Waals surface area contributed by atoms with Gasteiger partial charge in [0.05, 0.1) is 49.1 Å². The van der Waals surface area contributed by atoms with Crippen molar-refractivity contribution in [3.05, 3.63) is 0 Å². The van der Waals surface area contributed by atoms with Gasteiger partial charge in [-0.05, 0) is 26.2 Å². The highest BCUT2D eigenvalue weighted by molar-refractivity contribution is 8.02. The third-order valence-corrected chi connectivity index (χ3v) is 9.40. The van der Waals surface area contributed by atoms with Crippen LogP contribution in [0, 0.1) is 11.8 Å². The number of aliphatic hydroxyl groups excluding tert-OH is 1. The predicted molar refractivity (Wildman–Crippen MR) is 119 cm³/mol. The summed E-state index contributed by atoms with van der Waals surface area (Å²) < 4.78 is 10.1. The van der Waals surface area contributed by atoms with Crippen LogP contribution in [0.5, 0.6) is 0 Å². The van der Waals surface area contributed by atoms with E-state index in [1.165, 1.54) is 0 Å². The average Bonchev–Trinajstić information content (AvgIpc) is 3.43. The third-order valence-electron chi connectivity index (χ3n) is 7.45. The van der Waals surface area contributed by atoms with Gasteiger partial charge in [-0.1, -0.05) is 6.92 Å². The van der Waals surface area contributed by atoms with E-state index in [9.17, 15) is 19.5 Å². The zero-order valence-electron chi connectivity index (χ0n) is 19.0. The lowest BCUT2D eigenvalue weighted by molar-refractivity contribution is -0.154. The van der Waals surface area contributed by atoms with Gasteiger partial charge >= 0.3 is 5.97 Å². The van der Waals surface area contributed by atoms with Gasteiger partial charge < -0.3 is 24.8 Å². The van der Waals surface area contributed by atoms with E-state index >= 15 is 0 Å². The maximum atomic E-state index is 13.7. The summed E-state index contributed by atoms with van der Waals surface area (Å²) in [6, 6.07) is -1.13. The number of hydrogen-bond donors (Lipinski definition) is 2. The highest BCUT2D eigenvalue weighted by atomic mass is 32.2. The molecule has 4 aliphatic rings. The summed E-state index contributed by atoms with van der Waals surface area (Å²) in [7, 11) is 0. The molecule has 180 valence electrons. The number of nitrogens with one attached hydrogen (secondary N) is 1. The maximum absolute atomic E-state index is 13.7. The van der Waals surface area contributed by atoms with E-state index in [2.05, 4.69) is 10.2 Å². The van der Waals surface area contributed by atoms with Crippen molar-refractivity contribution >= 4 is 29.5 Å². The van der Waals surface area contributed by atoms with Crippen molar-refractivity contribution in [1.82, 2.24) is 15.1 Å². The van der Waals surface area contributed by atoms with E-state index < -0.39 is 28.7 Å². The molecule has 4 heterocycles. The summed E-state index contributed by atoms with van der Waals surface area (Å²) in [5.74, 6) is -1.80. The van der Waals surface area contributed by atoms with Crippen LogP contribution in [-0.4, -0.2) is 107 Å². The molecule has 4 saturated heterocycles. The normalized spacial score (nSPS) is 35.1. The molecular formula is C22H35N3O6S. The van der Waals surface area contributed by atoms with Gasteiger partial charge in [0, 0.05) is 31.4 Å². The number of ether oxygens (including phenoxy) is 2. The van der Waals surface area contributed by atoms with Crippen molar-refractivity contribution in [2.75, 3.05) is 52.6 Å². The van der Waals surface area contributed by atoms with Crippen LogP contribution in [0.3, 0.4) is 0 Å². The Morgan fingerprint density at radius 2 is 2.09 bits per heavy atom. The minimum atomic E-state index is -0.684. The maximum Gasteiger partial charge on any atom is 0.310 e. The smallest absolute Gasteiger partial charge is 0.310 e. The van der Waals surface area contributed by atoms with Gasteiger partial charge in [-0.15, -0.1) is 11.8 Å². The topological polar surface area (TPSA) is 108 Å². The van der Waals surface area contributed by atoms with Crippen LogP contribution in [0.4, 0.5) is 0 Å². The molecule has 0 saturated carbocycles. The number of nitrogens with zero attached hydrogens (tertiary/aromatic N) is 2. The fourth-order valence-corrected chi connectivity index (χ4v) is 8.16. The van der Waals surface area contributed by atoms with Gasteiger partial charge in [-0.3, -0.25) is 19.3 Å². The molecule has 0 radical (unpaired) electrons. The van der Waals surface area contributed by atoms with Gasteiger partial charge in [0.15, 0.2) is 0 Å². The molecule has 0 aromatic heterocycles. The van der Waals surface area contributed by atoms with Crippen molar-refractivity contribution in [2.45, 2.75) is 55.2 Å². The molecule has 1 spiro atoms. The lowest BCUT2D eigenvalue weighted by Crippen LogP contribution is -2.57. The van der Waals surface area contributed by atoms with Gasteiger partial charge in [0.25, 0.3) is 0 Å². The Labute approximate surface area is 193 Å². The zero-order valence-corrected chi connectivity index (χ0v) is 19.8. The second kappa shape index (κ2) is 9.87. The number of fused-ring (bicyclic) bond motifs is 1. The summed E-state index contributed by atoms with van der Waals surface area (Å²) >= 11 is 1.62. The van der Waals surface area contributed by atoms with Crippen molar-refractivity contribution in [2.24, 2.45) is 11.8 Å². The number of carbonyl (C=O) groups excluding carboxylic acids is 3. The molecule has 4 fully saturated rings. The van der Waals surface area contributed by atoms with E-state index in [-0.39, 0.29) is 36.2 Å². The van der Waals surface area contributed by atoms with Crippen molar-refractivity contribution in [3.8, 4) is 0 Å². The molecule has 2 amide bonds. The fourth-order valence-electron chi connectivity index (χ4n) is 5.96. The molecular weight excluding hydrogens is 434 g/mol. The Balaban J connectivity index is 1.56. The van der Waals surface area contributed by atoms with E-state index in [0.717, 1.165) is 26.1 Å². The predicted octanol–water partition coefficient (Wildman–Crippen LogP) is -0.140. The molecule has 0 aliphatic carbocycles. The van der Waals surface area contributed by atoms with Gasteiger partial charge in [0.2, 0.25) is 11.8 Å². The van der Waals surface area contributed by atoms with Gasteiger partial charge in [-0.2, -0.15) is 0 Å². The molecule has 2 N–H and O–H groups in total. The summed E-state index contributed by atoms with van der Waals surface area (Å²) in [5.41, 5.74) is 0. The lowest BCUT2D eigenvalue weighted by atomic mass is 9.71. The largest absolute Gasteiger partial charge is 0.466 e. The third kappa shape index (κ3) is 3.93. The van der Waals surface area contributed by atoms with Crippen LogP contribution in [-0.2, 0) is 23.9 Å². The first-order chi connectivity index (χ1) is 15.5. The first kappa shape index (κ1) is 23.8. The molecule has 4 aliphatic heterocycles. The summed E-state index contributed by atoms with van der Waals surface area (Å²) in [6.45, 7) is 8.03. The number of aliphatic hydroxyl groups is 1. The fraction of sp³-hybridized carbons (Fsp3) is 0.864. The highest BCUT2D eigenvalue weighted by Gasteiger charge is 2.74. The standard InChI is InChI=1S/C22H35N3O6S/c1-3-14(13-26)25-18(19(27)23-7-8-24-9-11-30-12-10-24)22-6-5-15(32-22)16(17(22)20(25)28)21(29)31-4-2/h14-18,26H,3-13H2,1-2H3,(H,23,27)/t14-,15+,16-,17-,18?,22?/m0/s1. The highest BCUT2D eigenvalue weighted by Crippen LogP contribution is 2.66.